The fraction of sp³-hybridized carbons (Fsp3) is 0.368. The Morgan fingerprint density at radius 2 is 1.86 bits per heavy atom. The molecule has 0 saturated carbocycles. The van der Waals surface area contributed by atoms with Crippen LogP contribution >= 0.6 is 0 Å². The first-order chi connectivity index (χ1) is 10.3. The van der Waals surface area contributed by atoms with E-state index in [2.05, 4.69) is 25.1 Å². The maximum atomic E-state index is 10.5. The molecule has 0 radical (unpaired) electrons. The minimum absolute atomic E-state index is 0.156. The number of rotatable bonds is 4. The van der Waals surface area contributed by atoms with Gasteiger partial charge in [-0.3, -0.25) is 0 Å². The van der Waals surface area contributed by atoms with Crippen LogP contribution in [-0.2, 0) is 12.8 Å². The van der Waals surface area contributed by atoms with E-state index in [0.717, 1.165) is 37.0 Å². The predicted octanol–water partition coefficient (Wildman–Crippen LogP) is 4.07. The molecule has 1 N–H and O–H groups in total. The second-order valence-corrected chi connectivity index (χ2v) is 5.73. The SMILES string of the molecule is CCCc1ccc(OC2CCc3ccccc3C2O)cc1. The van der Waals surface area contributed by atoms with Crippen LogP contribution in [-0.4, -0.2) is 11.2 Å². The molecule has 0 aliphatic heterocycles. The number of aliphatic hydroxyl groups excluding tert-OH is 1. The Kier molecular flexibility index (Phi) is 4.26. The van der Waals surface area contributed by atoms with Gasteiger partial charge >= 0.3 is 0 Å². The number of aryl methyl sites for hydroxylation is 2. The summed E-state index contributed by atoms with van der Waals surface area (Å²) in [4.78, 5) is 0. The molecule has 0 heterocycles. The van der Waals surface area contributed by atoms with Crippen molar-refractivity contribution in [3.8, 4) is 5.75 Å². The molecule has 2 aromatic carbocycles. The van der Waals surface area contributed by atoms with E-state index in [1.165, 1.54) is 11.1 Å². The number of hydrogen-bond donors (Lipinski definition) is 1. The van der Waals surface area contributed by atoms with E-state index in [0.29, 0.717) is 0 Å². The van der Waals surface area contributed by atoms with E-state index < -0.39 is 6.10 Å². The molecule has 1 aliphatic carbocycles. The third-order valence-corrected chi connectivity index (χ3v) is 4.17. The van der Waals surface area contributed by atoms with Gasteiger partial charge in [-0.25, -0.2) is 0 Å². The molecule has 2 unspecified atom stereocenters. The van der Waals surface area contributed by atoms with Crippen molar-refractivity contribution >= 4 is 0 Å². The van der Waals surface area contributed by atoms with Gasteiger partial charge in [-0.05, 0) is 48.1 Å². The van der Waals surface area contributed by atoms with Crippen LogP contribution in [0.3, 0.4) is 0 Å². The lowest BCUT2D eigenvalue weighted by molar-refractivity contribution is 0.0230. The smallest absolute Gasteiger partial charge is 0.129 e. The summed E-state index contributed by atoms with van der Waals surface area (Å²) in [6.07, 6.45) is 3.38. The first kappa shape index (κ1) is 14.2. The molecule has 2 aromatic rings. The summed E-state index contributed by atoms with van der Waals surface area (Å²) in [6, 6.07) is 16.3. The average Bonchev–Trinajstić information content (AvgIpc) is 2.52. The molecule has 0 fully saturated rings. The second-order valence-electron chi connectivity index (χ2n) is 5.73. The number of hydrogen-bond acceptors (Lipinski definition) is 2. The first-order valence-corrected chi connectivity index (χ1v) is 7.79. The maximum Gasteiger partial charge on any atom is 0.129 e. The molecule has 0 saturated heterocycles. The zero-order valence-electron chi connectivity index (χ0n) is 12.5. The third kappa shape index (κ3) is 3.11. The summed E-state index contributed by atoms with van der Waals surface area (Å²) in [5.41, 5.74) is 3.58. The number of aliphatic hydroxyl groups is 1. The van der Waals surface area contributed by atoms with Crippen LogP contribution in [0, 0.1) is 0 Å². The van der Waals surface area contributed by atoms with Gasteiger partial charge < -0.3 is 9.84 Å². The van der Waals surface area contributed by atoms with Crippen LogP contribution < -0.4 is 4.74 Å². The van der Waals surface area contributed by atoms with Gasteiger partial charge in [0, 0.05) is 0 Å². The van der Waals surface area contributed by atoms with E-state index in [-0.39, 0.29) is 6.10 Å². The molecule has 110 valence electrons. The van der Waals surface area contributed by atoms with E-state index >= 15 is 0 Å². The molecular formula is C19H22O2. The topological polar surface area (TPSA) is 29.5 Å². The fourth-order valence-corrected chi connectivity index (χ4v) is 3.03. The number of fused-ring (bicyclic) bond motifs is 1. The van der Waals surface area contributed by atoms with Gasteiger partial charge in [0.05, 0.1) is 0 Å². The Balaban J connectivity index is 1.71. The van der Waals surface area contributed by atoms with Crippen molar-refractivity contribution in [3.05, 3.63) is 65.2 Å². The average molecular weight is 282 g/mol. The largest absolute Gasteiger partial charge is 0.487 e. The Labute approximate surface area is 126 Å². The standard InChI is InChI=1S/C19H22O2/c1-2-5-14-8-11-16(12-9-14)21-18-13-10-15-6-3-4-7-17(15)19(18)20/h3-4,6-9,11-12,18-20H,2,5,10,13H2,1H3. The van der Waals surface area contributed by atoms with Gasteiger partial charge in [0.2, 0.25) is 0 Å². The van der Waals surface area contributed by atoms with Crippen molar-refractivity contribution in [2.24, 2.45) is 0 Å². The summed E-state index contributed by atoms with van der Waals surface area (Å²) in [6.45, 7) is 2.18. The molecule has 0 amide bonds. The van der Waals surface area contributed by atoms with Gasteiger partial charge in [0.15, 0.2) is 0 Å². The fourth-order valence-electron chi connectivity index (χ4n) is 3.03. The molecule has 0 spiro atoms. The highest BCUT2D eigenvalue weighted by Gasteiger charge is 2.29. The minimum Gasteiger partial charge on any atom is -0.487 e. The van der Waals surface area contributed by atoms with Crippen LogP contribution in [0.15, 0.2) is 48.5 Å². The first-order valence-electron chi connectivity index (χ1n) is 7.79. The highest BCUT2D eigenvalue weighted by Crippen LogP contribution is 2.32. The summed E-state index contributed by atoms with van der Waals surface area (Å²) < 4.78 is 6.01. The summed E-state index contributed by atoms with van der Waals surface area (Å²) in [7, 11) is 0. The molecule has 2 heteroatoms. The van der Waals surface area contributed by atoms with Gasteiger partial charge in [-0.15, -0.1) is 0 Å². The second kappa shape index (κ2) is 6.31. The summed E-state index contributed by atoms with van der Waals surface area (Å²) >= 11 is 0. The van der Waals surface area contributed by atoms with Crippen molar-refractivity contribution < 1.29 is 9.84 Å². The number of ether oxygens (including phenoxy) is 1. The molecular weight excluding hydrogens is 260 g/mol. The lowest BCUT2D eigenvalue weighted by Crippen LogP contribution is -2.30. The summed E-state index contributed by atoms with van der Waals surface area (Å²) in [5.74, 6) is 0.846. The third-order valence-electron chi connectivity index (χ3n) is 4.17. The van der Waals surface area contributed by atoms with E-state index in [1.807, 2.05) is 30.3 Å². The van der Waals surface area contributed by atoms with Gasteiger partial charge in [0.1, 0.15) is 18.0 Å². The lowest BCUT2D eigenvalue weighted by atomic mass is 9.87. The van der Waals surface area contributed by atoms with Crippen molar-refractivity contribution in [1.82, 2.24) is 0 Å². The van der Waals surface area contributed by atoms with Gasteiger partial charge in [0.25, 0.3) is 0 Å². The van der Waals surface area contributed by atoms with Crippen molar-refractivity contribution in [3.63, 3.8) is 0 Å². The van der Waals surface area contributed by atoms with Crippen LogP contribution in [0.4, 0.5) is 0 Å². The van der Waals surface area contributed by atoms with Gasteiger partial charge in [-0.2, -0.15) is 0 Å². The molecule has 1 aliphatic rings. The zero-order valence-corrected chi connectivity index (χ0v) is 12.5. The molecule has 3 rings (SSSR count). The quantitative estimate of drug-likeness (QED) is 0.916. The highest BCUT2D eigenvalue weighted by atomic mass is 16.5. The molecule has 2 atom stereocenters. The zero-order chi connectivity index (χ0) is 14.7. The highest BCUT2D eigenvalue weighted by molar-refractivity contribution is 5.33. The lowest BCUT2D eigenvalue weighted by Gasteiger charge is -2.30. The Morgan fingerprint density at radius 3 is 2.62 bits per heavy atom. The van der Waals surface area contributed by atoms with Crippen LogP contribution in [0.1, 0.15) is 42.6 Å². The Hall–Kier alpha value is -1.80. The van der Waals surface area contributed by atoms with Crippen molar-refractivity contribution in [2.45, 2.75) is 44.8 Å². The van der Waals surface area contributed by atoms with Crippen molar-refractivity contribution in [2.75, 3.05) is 0 Å². The molecule has 0 aromatic heterocycles. The monoisotopic (exact) mass is 282 g/mol. The van der Waals surface area contributed by atoms with Gasteiger partial charge in [-0.1, -0.05) is 49.7 Å². The van der Waals surface area contributed by atoms with Crippen molar-refractivity contribution in [1.29, 1.82) is 0 Å². The van der Waals surface area contributed by atoms with Crippen LogP contribution in [0.5, 0.6) is 5.75 Å². The van der Waals surface area contributed by atoms with Crippen LogP contribution in [0.2, 0.25) is 0 Å². The molecule has 0 bridgehead atoms. The molecule has 21 heavy (non-hydrogen) atoms. The Bertz CT molecular complexity index is 589. The minimum atomic E-state index is -0.537. The normalized spacial score (nSPS) is 20.9. The predicted molar refractivity (Wildman–Crippen MR) is 84.6 cm³/mol. The Morgan fingerprint density at radius 1 is 1.10 bits per heavy atom. The summed E-state index contributed by atoms with van der Waals surface area (Å²) in [5, 5.41) is 10.5. The molecule has 2 nitrogen and oxygen atoms in total. The van der Waals surface area contributed by atoms with E-state index in [1.54, 1.807) is 0 Å². The number of benzene rings is 2. The van der Waals surface area contributed by atoms with Crippen LogP contribution in [0.25, 0.3) is 0 Å². The van der Waals surface area contributed by atoms with E-state index in [4.69, 9.17) is 4.74 Å². The maximum absolute atomic E-state index is 10.5. The van der Waals surface area contributed by atoms with E-state index in [9.17, 15) is 5.11 Å².